The second-order valence-corrected chi connectivity index (χ2v) is 7.00. The zero-order chi connectivity index (χ0) is 14.3. The number of piperazine rings is 1. The van der Waals surface area contributed by atoms with Crippen molar-refractivity contribution in [1.82, 2.24) is 9.62 Å². The molecular weight excluding hydrogens is 280 g/mol. The molecule has 7 heteroatoms. The van der Waals surface area contributed by atoms with Gasteiger partial charge in [-0.15, -0.1) is 0 Å². The third kappa shape index (κ3) is 2.15. The molecule has 0 radical (unpaired) electrons. The van der Waals surface area contributed by atoms with Gasteiger partial charge in [-0.25, -0.2) is 8.42 Å². The lowest BCUT2D eigenvalue weighted by Gasteiger charge is -2.37. The number of rotatable bonds is 2. The van der Waals surface area contributed by atoms with E-state index in [1.165, 1.54) is 6.07 Å². The molecule has 0 spiro atoms. The molecule has 20 heavy (non-hydrogen) atoms. The van der Waals surface area contributed by atoms with Gasteiger partial charge in [0.15, 0.2) is 11.5 Å². The van der Waals surface area contributed by atoms with E-state index in [0.29, 0.717) is 24.6 Å². The summed E-state index contributed by atoms with van der Waals surface area (Å²) in [5, 5.41) is 3.28. The largest absolute Gasteiger partial charge is 0.454 e. The van der Waals surface area contributed by atoms with E-state index in [0.717, 1.165) is 0 Å². The Hall–Kier alpha value is -1.31. The first-order valence-electron chi connectivity index (χ1n) is 6.65. The summed E-state index contributed by atoms with van der Waals surface area (Å²) in [4.78, 5) is 0.253. The van der Waals surface area contributed by atoms with Crippen LogP contribution in [0.3, 0.4) is 0 Å². The van der Waals surface area contributed by atoms with Crippen LogP contribution in [0.5, 0.6) is 11.5 Å². The van der Waals surface area contributed by atoms with Crippen LogP contribution in [0.2, 0.25) is 0 Å². The SMILES string of the molecule is C[C@@H]1[C@@H](C)NCCN1S(=O)(=O)c1ccc2c(c1)OCO2. The van der Waals surface area contributed by atoms with Gasteiger partial charge >= 0.3 is 0 Å². The van der Waals surface area contributed by atoms with Crippen molar-refractivity contribution in [2.24, 2.45) is 0 Å². The Bertz CT molecular complexity index is 617. The van der Waals surface area contributed by atoms with Crippen molar-refractivity contribution < 1.29 is 17.9 Å². The molecule has 2 aliphatic rings. The third-order valence-corrected chi connectivity index (χ3v) is 5.91. The number of hydrogen-bond donors (Lipinski definition) is 1. The number of fused-ring (bicyclic) bond motifs is 1. The fourth-order valence-electron chi connectivity index (χ4n) is 2.54. The summed E-state index contributed by atoms with van der Waals surface area (Å²) in [5.41, 5.74) is 0. The lowest BCUT2D eigenvalue weighted by molar-refractivity contribution is 0.174. The monoisotopic (exact) mass is 298 g/mol. The van der Waals surface area contributed by atoms with Crippen LogP contribution in [0.25, 0.3) is 0 Å². The van der Waals surface area contributed by atoms with Crippen LogP contribution in [0, 0.1) is 0 Å². The maximum Gasteiger partial charge on any atom is 0.243 e. The summed E-state index contributed by atoms with van der Waals surface area (Å²) in [6, 6.07) is 4.80. The highest BCUT2D eigenvalue weighted by Gasteiger charge is 2.35. The molecule has 2 atom stereocenters. The fourth-order valence-corrected chi connectivity index (χ4v) is 4.26. The number of nitrogens with zero attached hydrogens (tertiary/aromatic N) is 1. The summed E-state index contributed by atoms with van der Waals surface area (Å²) in [5.74, 6) is 1.08. The van der Waals surface area contributed by atoms with E-state index >= 15 is 0 Å². The number of nitrogens with one attached hydrogen (secondary N) is 1. The Balaban J connectivity index is 1.95. The molecule has 0 aromatic heterocycles. The molecule has 1 aromatic rings. The van der Waals surface area contributed by atoms with Gasteiger partial charge in [0, 0.05) is 31.2 Å². The van der Waals surface area contributed by atoms with Gasteiger partial charge in [0.05, 0.1) is 4.90 Å². The van der Waals surface area contributed by atoms with Crippen molar-refractivity contribution >= 4 is 10.0 Å². The summed E-state index contributed by atoms with van der Waals surface area (Å²) < 4.78 is 37.5. The zero-order valence-electron chi connectivity index (χ0n) is 11.5. The smallest absolute Gasteiger partial charge is 0.243 e. The topological polar surface area (TPSA) is 67.9 Å². The van der Waals surface area contributed by atoms with E-state index < -0.39 is 10.0 Å². The lowest BCUT2D eigenvalue weighted by Crippen LogP contribution is -2.57. The fraction of sp³-hybridized carbons (Fsp3) is 0.538. The third-order valence-electron chi connectivity index (χ3n) is 3.93. The molecule has 1 saturated heterocycles. The minimum absolute atomic E-state index is 0.0841. The van der Waals surface area contributed by atoms with E-state index in [-0.39, 0.29) is 23.8 Å². The van der Waals surface area contributed by atoms with Gasteiger partial charge in [-0.05, 0) is 26.0 Å². The van der Waals surface area contributed by atoms with Crippen LogP contribution in [-0.4, -0.2) is 44.7 Å². The van der Waals surface area contributed by atoms with Crippen LogP contribution in [0.4, 0.5) is 0 Å². The summed E-state index contributed by atoms with van der Waals surface area (Å²) in [6.45, 7) is 5.19. The summed E-state index contributed by atoms with van der Waals surface area (Å²) in [6.07, 6.45) is 0. The Morgan fingerprint density at radius 1 is 1.25 bits per heavy atom. The molecule has 2 aliphatic heterocycles. The minimum Gasteiger partial charge on any atom is -0.454 e. The van der Waals surface area contributed by atoms with Gasteiger partial charge in [0.1, 0.15) is 0 Å². The van der Waals surface area contributed by atoms with Crippen LogP contribution in [0.1, 0.15) is 13.8 Å². The Labute approximate surface area is 118 Å². The zero-order valence-corrected chi connectivity index (χ0v) is 12.3. The van der Waals surface area contributed by atoms with Gasteiger partial charge < -0.3 is 14.8 Å². The molecule has 1 fully saturated rings. The average molecular weight is 298 g/mol. The maximum absolute atomic E-state index is 12.7. The first kappa shape index (κ1) is 13.7. The van der Waals surface area contributed by atoms with Gasteiger partial charge in [-0.2, -0.15) is 4.31 Å². The molecule has 0 unspecified atom stereocenters. The van der Waals surface area contributed by atoms with Gasteiger partial charge in [0.2, 0.25) is 16.8 Å². The van der Waals surface area contributed by atoms with Crippen molar-refractivity contribution in [3.8, 4) is 11.5 Å². The number of hydrogen-bond acceptors (Lipinski definition) is 5. The van der Waals surface area contributed by atoms with Crippen molar-refractivity contribution in [3.05, 3.63) is 18.2 Å². The van der Waals surface area contributed by atoms with E-state index in [4.69, 9.17) is 9.47 Å². The lowest BCUT2D eigenvalue weighted by atomic mass is 10.1. The van der Waals surface area contributed by atoms with E-state index in [1.54, 1.807) is 16.4 Å². The molecule has 0 aliphatic carbocycles. The van der Waals surface area contributed by atoms with Crippen molar-refractivity contribution in [1.29, 1.82) is 0 Å². The first-order chi connectivity index (χ1) is 9.50. The van der Waals surface area contributed by atoms with Gasteiger partial charge in [-0.1, -0.05) is 0 Å². The molecule has 0 saturated carbocycles. The predicted molar refractivity (Wildman–Crippen MR) is 73.4 cm³/mol. The second kappa shape index (κ2) is 4.91. The second-order valence-electron chi connectivity index (χ2n) is 5.11. The Kier molecular flexibility index (Phi) is 3.35. The van der Waals surface area contributed by atoms with Crippen LogP contribution < -0.4 is 14.8 Å². The van der Waals surface area contributed by atoms with Crippen molar-refractivity contribution in [2.45, 2.75) is 30.8 Å². The molecule has 6 nitrogen and oxygen atoms in total. The van der Waals surface area contributed by atoms with Crippen molar-refractivity contribution in [3.63, 3.8) is 0 Å². The molecular formula is C13H18N2O4S. The maximum atomic E-state index is 12.7. The Morgan fingerprint density at radius 2 is 2.00 bits per heavy atom. The number of sulfonamides is 1. The summed E-state index contributed by atoms with van der Waals surface area (Å²) in [7, 11) is -3.51. The quantitative estimate of drug-likeness (QED) is 0.874. The molecule has 2 heterocycles. The first-order valence-corrected chi connectivity index (χ1v) is 8.09. The van der Waals surface area contributed by atoms with Crippen molar-refractivity contribution in [2.75, 3.05) is 19.9 Å². The van der Waals surface area contributed by atoms with Gasteiger partial charge in [-0.3, -0.25) is 0 Å². The highest BCUT2D eigenvalue weighted by Crippen LogP contribution is 2.35. The standard InChI is InChI=1S/C13H18N2O4S/c1-9-10(2)15(6-5-14-9)20(16,17)11-3-4-12-13(7-11)19-8-18-12/h3-4,7,9-10,14H,5-6,8H2,1-2H3/t9-,10-/m1/s1. The molecule has 3 rings (SSSR count). The van der Waals surface area contributed by atoms with E-state index in [9.17, 15) is 8.42 Å². The predicted octanol–water partition coefficient (Wildman–Crippen LogP) is 0.786. The Morgan fingerprint density at radius 3 is 2.80 bits per heavy atom. The summed E-state index contributed by atoms with van der Waals surface area (Å²) >= 11 is 0. The van der Waals surface area contributed by atoms with Crippen LogP contribution in [-0.2, 0) is 10.0 Å². The molecule has 0 bridgehead atoms. The number of ether oxygens (including phenoxy) is 2. The average Bonchev–Trinajstić information content (AvgIpc) is 2.89. The highest BCUT2D eigenvalue weighted by atomic mass is 32.2. The molecule has 110 valence electrons. The highest BCUT2D eigenvalue weighted by molar-refractivity contribution is 7.89. The normalized spacial score (nSPS) is 26.7. The van der Waals surface area contributed by atoms with E-state index in [2.05, 4.69) is 5.32 Å². The molecule has 1 aromatic carbocycles. The van der Waals surface area contributed by atoms with Gasteiger partial charge in [0.25, 0.3) is 0 Å². The minimum atomic E-state index is -3.51. The van der Waals surface area contributed by atoms with E-state index in [1.807, 2.05) is 13.8 Å². The van der Waals surface area contributed by atoms with Crippen LogP contribution in [0.15, 0.2) is 23.1 Å². The van der Waals surface area contributed by atoms with Crippen LogP contribution >= 0.6 is 0 Å². The number of benzene rings is 1. The molecule has 1 N–H and O–H groups in total. The molecule has 0 amide bonds.